The lowest BCUT2D eigenvalue weighted by molar-refractivity contribution is -0.156. The van der Waals surface area contributed by atoms with E-state index in [-0.39, 0.29) is 12.4 Å². The predicted octanol–water partition coefficient (Wildman–Crippen LogP) is 3.14. The summed E-state index contributed by atoms with van der Waals surface area (Å²) in [6.45, 7) is 0.710. The highest BCUT2D eigenvalue weighted by Crippen LogP contribution is 2.36. The van der Waals surface area contributed by atoms with E-state index in [2.05, 4.69) is 9.97 Å². The summed E-state index contributed by atoms with van der Waals surface area (Å²) in [7, 11) is 0. The highest BCUT2D eigenvalue weighted by Gasteiger charge is 2.43. The Labute approximate surface area is 161 Å². The first-order valence-electron chi connectivity index (χ1n) is 9.11. The van der Waals surface area contributed by atoms with Crippen LogP contribution in [0.3, 0.4) is 0 Å². The molecule has 0 amide bonds. The number of nitrogens with zero attached hydrogens (tertiary/aromatic N) is 2. The number of para-hydroxylation sites is 1. The van der Waals surface area contributed by atoms with Crippen molar-refractivity contribution in [3.05, 3.63) is 65.7 Å². The summed E-state index contributed by atoms with van der Waals surface area (Å²) < 4.78 is 24.8. The highest BCUT2D eigenvalue weighted by molar-refractivity contribution is 5.88. The molecule has 2 N–H and O–H groups in total. The molecule has 0 bridgehead atoms. The standard InChI is InChI=1S/C21H20FN3O3/c22-15-5-3-4-14(12-15)21(8-10-27-11-9-21)20(26)28-13-18-24-17-7-2-1-6-16(17)19(23)25-18/h1-7,12H,8-11,13H2,(H2,23,24,25). The second-order valence-electron chi connectivity index (χ2n) is 6.82. The molecule has 0 saturated carbocycles. The van der Waals surface area contributed by atoms with Crippen LogP contribution in [0.4, 0.5) is 10.2 Å². The molecule has 0 atom stereocenters. The fraction of sp³-hybridized carbons (Fsp3) is 0.286. The molecule has 1 saturated heterocycles. The minimum atomic E-state index is -0.942. The molecule has 4 rings (SSSR count). The van der Waals surface area contributed by atoms with Crippen LogP contribution >= 0.6 is 0 Å². The van der Waals surface area contributed by atoms with Gasteiger partial charge in [0.05, 0.1) is 10.9 Å². The summed E-state index contributed by atoms with van der Waals surface area (Å²) in [5, 5.41) is 0.748. The first-order valence-corrected chi connectivity index (χ1v) is 9.11. The van der Waals surface area contributed by atoms with Gasteiger partial charge in [0.1, 0.15) is 11.6 Å². The summed E-state index contributed by atoms with van der Waals surface area (Å²) in [5.41, 5.74) is 6.33. The van der Waals surface area contributed by atoms with Crippen molar-refractivity contribution in [2.24, 2.45) is 0 Å². The zero-order chi connectivity index (χ0) is 19.6. The largest absolute Gasteiger partial charge is 0.457 e. The molecule has 0 spiro atoms. The zero-order valence-corrected chi connectivity index (χ0v) is 15.2. The number of rotatable bonds is 4. The van der Waals surface area contributed by atoms with E-state index in [0.29, 0.717) is 48.8 Å². The molecule has 0 aliphatic carbocycles. The number of carbonyl (C=O) groups is 1. The van der Waals surface area contributed by atoms with Gasteiger partial charge in [-0.1, -0.05) is 24.3 Å². The maximum atomic E-state index is 13.8. The van der Waals surface area contributed by atoms with Crippen LogP contribution in [0.5, 0.6) is 0 Å². The van der Waals surface area contributed by atoms with Gasteiger partial charge >= 0.3 is 5.97 Å². The molecule has 144 valence electrons. The lowest BCUT2D eigenvalue weighted by atomic mass is 9.74. The number of esters is 1. The molecular weight excluding hydrogens is 361 g/mol. The number of fused-ring (bicyclic) bond motifs is 1. The van der Waals surface area contributed by atoms with Gasteiger partial charge in [0, 0.05) is 18.6 Å². The number of benzene rings is 2. The third kappa shape index (κ3) is 3.41. The number of hydrogen-bond donors (Lipinski definition) is 1. The lowest BCUT2D eigenvalue weighted by Crippen LogP contribution is -2.42. The fourth-order valence-electron chi connectivity index (χ4n) is 3.60. The second kappa shape index (κ2) is 7.52. The fourth-order valence-corrected chi connectivity index (χ4v) is 3.60. The molecule has 2 heterocycles. The Balaban J connectivity index is 1.59. The molecular formula is C21H20FN3O3. The Morgan fingerprint density at radius 1 is 1.14 bits per heavy atom. The monoisotopic (exact) mass is 381 g/mol. The maximum absolute atomic E-state index is 13.8. The number of ether oxygens (including phenoxy) is 2. The van der Waals surface area contributed by atoms with Gasteiger partial charge in [-0.2, -0.15) is 0 Å². The summed E-state index contributed by atoms with van der Waals surface area (Å²) in [6, 6.07) is 13.5. The van der Waals surface area contributed by atoms with Crippen LogP contribution in [0.15, 0.2) is 48.5 Å². The number of anilines is 1. The van der Waals surface area contributed by atoms with Gasteiger partial charge in [-0.05, 0) is 42.7 Å². The van der Waals surface area contributed by atoms with E-state index in [9.17, 15) is 9.18 Å². The van der Waals surface area contributed by atoms with Crippen LogP contribution in [0.25, 0.3) is 10.9 Å². The van der Waals surface area contributed by atoms with E-state index in [4.69, 9.17) is 15.2 Å². The van der Waals surface area contributed by atoms with Crippen LogP contribution in [-0.4, -0.2) is 29.2 Å². The van der Waals surface area contributed by atoms with Crippen molar-refractivity contribution < 1.29 is 18.7 Å². The molecule has 0 radical (unpaired) electrons. The van der Waals surface area contributed by atoms with Crippen LogP contribution in [0.1, 0.15) is 24.2 Å². The molecule has 28 heavy (non-hydrogen) atoms. The number of hydrogen-bond acceptors (Lipinski definition) is 6. The number of nitrogens with two attached hydrogens (primary N) is 1. The lowest BCUT2D eigenvalue weighted by Gasteiger charge is -2.35. The van der Waals surface area contributed by atoms with E-state index < -0.39 is 11.4 Å². The summed E-state index contributed by atoms with van der Waals surface area (Å²) in [6.07, 6.45) is 0.853. The third-order valence-electron chi connectivity index (χ3n) is 5.13. The molecule has 7 heteroatoms. The smallest absolute Gasteiger partial charge is 0.317 e. The van der Waals surface area contributed by atoms with Crippen molar-refractivity contribution in [3.63, 3.8) is 0 Å². The average molecular weight is 381 g/mol. The van der Waals surface area contributed by atoms with Gasteiger partial charge in [0.15, 0.2) is 12.4 Å². The summed E-state index contributed by atoms with van der Waals surface area (Å²) >= 11 is 0. The topological polar surface area (TPSA) is 87.3 Å². The van der Waals surface area contributed by atoms with Gasteiger partial charge in [-0.15, -0.1) is 0 Å². The Morgan fingerprint density at radius 3 is 2.71 bits per heavy atom. The van der Waals surface area contributed by atoms with Crippen molar-refractivity contribution in [1.82, 2.24) is 9.97 Å². The Bertz CT molecular complexity index is 1020. The van der Waals surface area contributed by atoms with Gasteiger partial charge in [-0.3, -0.25) is 4.79 Å². The summed E-state index contributed by atoms with van der Waals surface area (Å²) in [4.78, 5) is 21.7. The quantitative estimate of drug-likeness (QED) is 0.699. The molecule has 2 aromatic carbocycles. The van der Waals surface area contributed by atoms with Gasteiger partial charge < -0.3 is 15.2 Å². The molecule has 3 aromatic rings. The molecule has 0 unspecified atom stereocenters. The second-order valence-corrected chi connectivity index (χ2v) is 6.82. The van der Waals surface area contributed by atoms with E-state index in [1.165, 1.54) is 12.1 Å². The normalized spacial score (nSPS) is 16.0. The minimum absolute atomic E-state index is 0.105. The maximum Gasteiger partial charge on any atom is 0.317 e. The van der Waals surface area contributed by atoms with Crippen molar-refractivity contribution in [3.8, 4) is 0 Å². The zero-order valence-electron chi connectivity index (χ0n) is 15.2. The van der Waals surface area contributed by atoms with E-state index in [1.807, 2.05) is 24.3 Å². The Hall–Kier alpha value is -3.06. The van der Waals surface area contributed by atoms with Crippen LogP contribution in [0.2, 0.25) is 0 Å². The van der Waals surface area contributed by atoms with Gasteiger partial charge in [0.2, 0.25) is 0 Å². The number of carbonyl (C=O) groups excluding carboxylic acids is 1. The highest BCUT2D eigenvalue weighted by atomic mass is 19.1. The van der Waals surface area contributed by atoms with Crippen molar-refractivity contribution in [1.29, 1.82) is 0 Å². The minimum Gasteiger partial charge on any atom is -0.457 e. The molecule has 1 fully saturated rings. The third-order valence-corrected chi connectivity index (χ3v) is 5.13. The first-order chi connectivity index (χ1) is 13.6. The number of nitrogen functional groups attached to an aromatic ring is 1. The van der Waals surface area contributed by atoms with Gasteiger partial charge in [0.25, 0.3) is 0 Å². The Kier molecular flexibility index (Phi) is 4.92. The van der Waals surface area contributed by atoms with Crippen LogP contribution in [0, 0.1) is 5.82 Å². The van der Waals surface area contributed by atoms with E-state index in [0.717, 1.165) is 5.39 Å². The molecule has 6 nitrogen and oxygen atoms in total. The number of aromatic nitrogens is 2. The van der Waals surface area contributed by atoms with Crippen molar-refractivity contribution in [2.45, 2.75) is 24.9 Å². The van der Waals surface area contributed by atoms with Crippen molar-refractivity contribution in [2.75, 3.05) is 18.9 Å². The summed E-state index contributed by atoms with van der Waals surface area (Å²) in [5.74, 6) is -0.160. The Morgan fingerprint density at radius 2 is 1.93 bits per heavy atom. The van der Waals surface area contributed by atoms with Crippen LogP contribution in [-0.2, 0) is 26.3 Å². The van der Waals surface area contributed by atoms with E-state index >= 15 is 0 Å². The van der Waals surface area contributed by atoms with Gasteiger partial charge in [-0.25, -0.2) is 14.4 Å². The average Bonchev–Trinajstić information content (AvgIpc) is 2.72. The molecule has 1 aromatic heterocycles. The molecule has 1 aliphatic heterocycles. The van der Waals surface area contributed by atoms with Crippen molar-refractivity contribution >= 4 is 22.7 Å². The van der Waals surface area contributed by atoms with Crippen LogP contribution < -0.4 is 5.73 Å². The predicted molar refractivity (Wildman–Crippen MR) is 102 cm³/mol. The van der Waals surface area contributed by atoms with E-state index in [1.54, 1.807) is 12.1 Å². The number of halogens is 1. The molecule has 1 aliphatic rings. The first kappa shape index (κ1) is 18.3. The SMILES string of the molecule is Nc1nc(COC(=O)C2(c3cccc(F)c3)CCOCC2)nc2ccccc12.